The number of rotatable bonds is 6. The summed E-state index contributed by atoms with van der Waals surface area (Å²) < 4.78 is 5.72. The van der Waals surface area contributed by atoms with E-state index >= 15 is 0 Å². The number of aromatic nitrogens is 1. The van der Waals surface area contributed by atoms with Crippen LogP contribution in [0.15, 0.2) is 40.9 Å². The van der Waals surface area contributed by atoms with E-state index in [9.17, 15) is 0 Å². The molecule has 0 aromatic carbocycles. The molecule has 0 atom stereocenters. The van der Waals surface area contributed by atoms with E-state index in [1.54, 1.807) is 6.20 Å². The zero-order valence-electron chi connectivity index (χ0n) is 9.85. The number of furan rings is 1. The van der Waals surface area contributed by atoms with E-state index in [1.165, 1.54) is 0 Å². The Balaban J connectivity index is 1.92. The molecule has 2 heterocycles. The third-order valence-corrected chi connectivity index (χ3v) is 2.97. The predicted octanol–water partition coefficient (Wildman–Crippen LogP) is 2.79. The van der Waals surface area contributed by atoms with Crippen LogP contribution < -0.4 is 5.32 Å². The summed E-state index contributed by atoms with van der Waals surface area (Å²) in [6.07, 6.45) is 3.88. The first-order chi connectivity index (χ1) is 8.40. The lowest BCUT2D eigenvalue weighted by Gasteiger charge is -2.00. The molecular weight excluding hydrogens is 232 g/mol. The summed E-state index contributed by atoms with van der Waals surface area (Å²) in [5, 5.41) is 3.33. The van der Waals surface area contributed by atoms with Gasteiger partial charge in [-0.15, -0.1) is 0 Å². The van der Waals surface area contributed by atoms with E-state index in [1.807, 2.05) is 42.1 Å². The normalized spacial score (nSPS) is 10.6. The van der Waals surface area contributed by atoms with Crippen molar-refractivity contribution in [2.24, 2.45) is 0 Å². The van der Waals surface area contributed by atoms with Gasteiger partial charge in [-0.2, -0.15) is 11.8 Å². The Morgan fingerprint density at radius 3 is 3.00 bits per heavy atom. The average Bonchev–Trinajstić information content (AvgIpc) is 2.85. The summed E-state index contributed by atoms with van der Waals surface area (Å²) >= 11 is 1.84. The van der Waals surface area contributed by atoms with Gasteiger partial charge in [0.1, 0.15) is 11.5 Å². The van der Waals surface area contributed by atoms with Crippen LogP contribution in [-0.2, 0) is 6.54 Å². The highest BCUT2D eigenvalue weighted by molar-refractivity contribution is 7.98. The molecule has 0 aliphatic rings. The Labute approximate surface area is 106 Å². The molecule has 17 heavy (non-hydrogen) atoms. The van der Waals surface area contributed by atoms with Crippen molar-refractivity contribution in [2.45, 2.75) is 6.54 Å². The lowest BCUT2D eigenvalue weighted by Crippen LogP contribution is -2.15. The number of hydrogen-bond acceptors (Lipinski definition) is 4. The maximum absolute atomic E-state index is 5.72. The van der Waals surface area contributed by atoms with Crippen molar-refractivity contribution in [3.63, 3.8) is 0 Å². The quantitative estimate of drug-likeness (QED) is 0.798. The number of hydrogen-bond donors (Lipinski definition) is 1. The van der Waals surface area contributed by atoms with Crippen molar-refractivity contribution in [3.8, 4) is 11.5 Å². The minimum absolute atomic E-state index is 0.771. The second-order valence-electron chi connectivity index (χ2n) is 3.65. The van der Waals surface area contributed by atoms with E-state index in [-0.39, 0.29) is 0 Å². The molecule has 0 saturated carbocycles. The maximum Gasteiger partial charge on any atom is 0.152 e. The molecule has 90 valence electrons. The van der Waals surface area contributed by atoms with E-state index in [0.717, 1.165) is 36.1 Å². The van der Waals surface area contributed by atoms with E-state index in [0.29, 0.717) is 0 Å². The summed E-state index contributed by atoms with van der Waals surface area (Å²) in [5.74, 6) is 2.90. The molecule has 0 aliphatic carbocycles. The number of nitrogens with zero attached hydrogens (tertiary/aromatic N) is 1. The predicted molar refractivity (Wildman–Crippen MR) is 72.0 cm³/mol. The number of nitrogens with one attached hydrogen (secondary N) is 1. The van der Waals surface area contributed by atoms with Crippen LogP contribution in [0.5, 0.6) is 0 Å². The highest BCUT2D eigenvalue weighted by atomic mass is 32.2. The second kappa shape index (κ2) is 6.47. The highest BCUT2D eigenvalue weighted by Crippen LogP contribution is 2.19. The Kier molecular flexibility index (Phi) is 4.64. The summed E-state index contributed by atoms with van der Waals surface area (Å²) in [7, 11) is 0. The monoisotopic (exact) mass is 248 g/mol. The van der Waals surface area contributed by atoms with Crippen molar-refractivity contribution in [3.05, 3.63) is 42.3 Å². The Morgan fingerprint density at radius 1 is 1.29 bits per heavy atom. The van der Waals surface area contributed by atoms with Gasteiger partial charge in [-0.3, -0.25) is 4.98 Å². The van der Waals surface area contributed by atoms with Gasteiger partial charge in [0, 0.05) is 18.5 Å². The molecule has 0 bridgehead atoms. The third kappa shape index (κ3) is 3.61. The van der Waals surface area contributed by atoms with E-state index in [2.05, 4.69) is 16.6 Å². The SMILES string of the molecule is CSCCNCc1ccc(-c2ccccn2)o1. The number of pyridine rings is 1. The van der Waals surface area contributed by atoms with Crippen LogP contribution in [0.25, 0.3) is 11.5 Å². The van der Waals surface area contributed by atoms with Crippen molar-refractivity contribution >= 4 is 11.8 Å². The van der Waals surface area contributed by atoms with Gasteiger partial charge in [0.2, 0.25) is 0 Å². The molecule has 4 heteroatoms. The van der Waals surface area contributed by atoms with Crippen molar-refractivity contribution in [2.75, 3.05) is 18.6 Å². The Hall–Kier alpha value is -1.26. The zero-order chi connectivity index (χ0) is 11.9. The van der Waals surface area contributed by atoms with Crippen LogP contribution >= 0.6 is 11.8 Å². The molecule has 0 saturated heterocycles. The van der Waals surface area contributed by atoms with Crippen molar-refractivity contribution in [1.82, 2.24) is 10.3 Å². The van der Waals surface area contributed by atoms with Crippen molar-refractivity contribution < 1.29 is 4.42 Å². The lowest BCUT2D eigenvalue weighted by atomic mass is 10.3. The smallest absolute Gasteiger partial charge is 0.152 e. The summed E-state index contributed by atoms with van der Waals surface area (Å²) in [4.78, 5) is 4.25. The molecule has 0 fully saturated rings. The lowest BCUT2D eigenvalue weighted by molar-refractivity contribution is 0.498. The highest BCUT2D eigenvalue weighted by Gasteiger charge is 2.04. The van der Waals surface area contributed by atoms with Gasteiger partial charge in [-0.05, 0) is 30.5 Å². The summed E-state index contributed by atoms with van der Waals surface area (Å²) in [5.41, 5.74) is 0.878. The van der Waals surface area contributed by atoms with Gasteiger partial charge in [-0.1, -0.05) is 6.07 Å². The molecule has 2 aromatic rings. The fraction of sp³-hybridized carbons (Fsp3) is 0.308. The first-order valence-electron chi connectivity index (χ1n) is 5.60. The molecule has 0 amide bonds. The second-order valence-corrected chi connectivity index (χ2v) is 4.64. The van der Waals surface area contributed by atoms with Crippen LogP contribution in [0, 0.1) is 0 Å². The molecule has 0 unspecified atom stereocenters. The third-order valence-electron chi connectivity index (χ3n) is 2.36. The van der Waals surface area contributed by atoms with Crippen molar-refractivity contribution in [1.29, 1.82) is 0 Å². The van der Waals surface area contributed by atoms with Gasteiger partial charge in [0.15, 0.2) is 5.76 Å². The zero-order valence-corrected chi connectivity index (χ0v) is 10.7. The summed E-state index contributed by atoms with van der Waals surface area (Å²) in [6, 6.07) is 9.77. The van der Waals surface area contributed by atoms with Crippen LogP contribution in [0.2, 0.25) is 0 Å². The topological polar surface area (TPSA) is 38.1 Å². The van der Waals surface area contributed by atoms with E-state index in [4.69, 9.17) is 4.42 Å². The minimum Gasteiger partial charge on any atom is -0.458 e. The molecule has 0 spiro atoms. The van der Waals surface area contributed by atoms with Gasteiger partial charge in [0.05, 0.1) is 6.54 Å². The standard InChI is InChI=1S/C13H16N2OS/c1-17-9-8-14-10-11-5-6-13(16-11)12-4-2-3-7-15-12/h2-7,14H,8-10H2,1H3. The molecule has 3 nitrogen and oxygen atoms in total. The van der Waals surface area contributed by atoms with Gasteiger partial charge in [0.25, 0.3) is 0 Å². The minimum atomic E-state index is 0.771. The number of thioether (sulfide) groups is 1. The van der Waals surface area contributed by atoms with Crippen LogP contribution in [0.4, 0.5) is 0 Å². The molecule has 0 aliphatic heterocycles. The molecule has 0 radical (unpaired) electrons. The first-order valence-corrected chi connectivity index (χ1v) is 6.99. The fourth-order valence-corrected chi connectivity index (χ4v) is 1.85. The van der Waals surface area contributed by atoms with Crippen LogP contribution in [0.1, 0.15) is 5.76 Å². The largest absolute Gasteiger partial charge is 0.458 e. The van der Waals surface area contributed by atoms with Crippen LogP contribution in [-0.4, -0.2) is 23.5 Å². The van der Waals surface area contributed by atoms with Gasteiger partial charge >= 0.3 is 0 Å². The van der Waals surface area contributed by atoms with Crippen LogP contribution in [0.3, 0.4) is 0 Å². The fourth-order valence-electron chi connectivity index (χ4n) is 1.50. The maximum atomic E-state index is 5.72. The van der Waals surface area contributed by atoms with E-state index < -0.39 is 0 Å². The molecule has 2 aromatic heterocycles. The Morgan fingerprint density at radius 2 is 2.24 bits per heavy atom. The van der Waals surface area contributed by atoms with Gasteiger partial charge < -0.3 is 9.73 Å². The van der Waals surface area contributed by atoms with Gasteiger partial charge in [-0.25, -0.2) is 0 Å². The molecular formula is C13H16N2OS. The first kappa shape index (κ1) is 12.2. The summed E-state index contributed by atoms with van der Waals surface area (Å²) in [6.45, 7) is 1.77. The molecule has 2 rings (SSSR count). The molecule has 1 N–H and O–H groups in total. The Bertz CT molecular complexity index is 442. The average molecular weight is 248 g/mol.